The monoisotopic (exact) mass is 520 g/mol. The molecule has 1 aliphatic heterocycles. The number of rotatable bonds is 9. The summed E-state index contributed by atoms with van der Waals surface area (Å²) in [5.41, 5.74) is 0.415. The van der Waals surface area contributed by atoms with Gasteiger partial charge in [0.1, 0.15) is 29.8 Å². The Balaban J connectivity index is 1.55. The van der Waals surface area contributed by atoms with Gasteiger partial charge >= 0.3 is 7.60 Å². The van der Waals surface area contributed by atoms with E-state index in [0.29, 0.717) is 22.9 Å². The Hall–Kier alpha value is -1.34. The maximum absolute atomic E-state index is 11.9. The van der Waals surface area contributed by atoms with Gasteiger partial charge in [0.25, 0.3) is 0 Å². The van der Waals surface area contributed by atoms with Crippen molar-refractivity contribution < 1.29 is 38.8 Å². The first-order valence-electron chi connectivity index (χ1n) is 11.0. The quantitative estimate of drug-likeness (QED) is 0.240. The van der Waals surface area contributed by atoms with Crippen LogP contribution in [0.3, 0.4) is 0 Å². The van der Waals surface area contributed by atoms with Gasteiger partial charge in [-0.15, -0.1) is 0 Å². The lowest BCUT2D eigenvalue weighted by Crippen LogP contribution is -2.40. The average molecular weight is 521 g/mol. The molecule has 3 heterocycles. The van der Waals surface area contributed by atoms with Gasteiger partial charge in [-0.2, -0.15) is 4.98 Å². The zero-order valence-electron chi connectivity index (χ0n) is 18.9. The lowest BCUT2D eigenvalue weighted by atomic mass is 10.1. The van der Waals surface area contributed by atoms with E-state index >= 15 is 0 Å². The maximum atomic E-state index is 11.9. The molecule has 4 rings (SSSR count). The SMILES string of the molecule is COCC(C)(OC[C@H]1O[C@@H](n2ccc3c(NC4CCCC4)nc(Cl)nc32)[C@H](O)[C@@H]1O)P(=O)(O)O. The Morgan fingerprint density at radius 2 is 2.00 bits per heavy atom. The van der Waals surface area contributed by atoms with Gasteiger partial charge in [0.15, 0.2) is 11.6 Å². The molecule has 14 heteroatoms. The van der Waals surface area contributed by atoms with Gasteiger partial charge in [-0.25, -0.2) is 4.98 Å². The van der Waals surface area contributed by atoms with E-state index in [9.17, 15) is 24.6 Å². The van der Waals surface area contributed by atoms with E-state index in [2.05, 4.69) is 15.3 Å². The van der Waals surface area contributed by atoms with Crippen molar-refractivity contribution in [2.24, 2.45) is 0 Å². The molecule has 1 saturated carbocycles. The van der Waals surface area contributed by atoms with Crippen LogP contribution < -0.4 is 5.32 Å². The summed E-state index contributed by atoms with van der Waals surface area (Å²) in [6.45, 7) is 0.452. The second kappa shape index (κ2) is 9.96. The van der Waals surface area contributed by atoms with Gasteiger partial charge in [0.2, 0.25) is 5.28 Å². The molecule has 2 fully saturated rings. The Kier molecular flexibility index (Phi) is 7.54. The molecule has 2 aromatic rings. The maximum Gasteiger partial charge on any atom is 0.359 e. The van der Waals surface area contributed by atoms with Crippen LogP contribution >= 0.6 is 19.2 Å². The standard InChI is InChI=1S/C20H30ClN4O8P/c1-20(10-31-2,34(28,29)30)32-9-13-14(26)15(27)18(33-13)25-8-7-12-16(22-11-5-3-4-6-11)23-19(21)24-17(12)25/h7-8,11,13-15,18,26-27H,3-6,9-10H2,1-2H3,(H,22,23,24)(H2,28,29,30)/t13-,14-,15-,18-,20?/m1/s1. The van der Waals surface area contributed by atoms with Crippen LogP contribution in [0.5, 0.6) is 0 Å². The minimum absolute atomic E-state index is 0.0258. The molecule has 0 amide bonds. The van der Waals surface area contributed by atoms with Crippen LogP contribution in [0.1, 0.15) is 38.8 Å². The van der Waals surface area contributed by atoms with Crippen molar-refractivity contribution >= 4 is 36.0 Å². The molecule has 0 spiro atoms. The highest BCUT2D eigenvalue weighted by atomic mass is 35.5. The predicted octanol–water partition coefficient (Wildman–Crippen LogP) is 1.62. The average Bonchev–Trinajstić information content (AvgIpc) is 3.48. The zero-order valence-corrected chi connectivity index (χ0v) is 20.5. The van der Waals surface area contributed by atoms with E-state index in [1.54, 1.807) is 16.8 Å². The molecular weight excluding hydrogens is 491 g/mol. The second-order valence-electron chi connectivity index (χ2n) is 8.94. The smallest absolute Gasteiger partial charge is 0.359 e. The first-order valence-corrected chi connectivity index (χ1v) is 13.0. The highest BCUT2D eigenvalue weighted by Crippen LogP contribution is 2.51. The highest BCUT2D eigenvalue weighted by molar-refractivity contribution is 7.53. The number of halogens is 1. The Labute approximate surface area is 201 Å². The third kappa shape index (κ3) is 4.97. The van der Waals surface area contributed by atoms with Crippen molar-refractivity contribution in [3.63, 3.8) is 0 Å². The molecule has 5 atom stereocenters. The van der Waals surface area contributed by atoms with Crippen molar-refractivity contribution in [3.8, 4) is 0 Å². The van der Waals surface area contributed by atoms with E-state index in [0.717, 1.165) is 25.7 Å². The minimum atomic E-state index is -4.71. The summed E-state index contributed by atoms with van der Waals surface area (Å²) in [6.07, 6.45) is 1.21. The first kappa shape index (κ1) is 25.7. The minimum Gasteiger partial charge on any atom is -0.387 e. The van der Waals surface area contributed by atoms with Crippen molar-refractivity contribution in [1.82, 2.24) is 14.5 Å². The number of aliphatic hydroxyl groups excluding tert-OH is 2. The molecule has 34 heavy (non-hydrogen) atoms. The summed E-state index contributed by atoms with van der Waals surface area (Å²) >= 11 is 6.18. The summed E-state index contributed by atoms with van der Waals surface area (Å²) in [7, 11) is -3.42. The summed E-state index contributed by atoms with van der Waals surface area (Å²) in [5.74, 6) is 0.588. The summed E-state index contributed by atoms with van der Waals surface area (Å²) in [6, 6.07) is 2.07. The largest absolute Gasteiger partial charge is 0.387 e. The summed E-state index contributed by atoms with van der Waals surface area (Å²) in [4.78, 5) is 27.9. The highest BCUT2D eigenvalue weighted by Gasteiger charge is 2.48. The fourth-order valence-corrected chi connectivity index (χ4v) is 5.13. The number of hydrogen-bond acceptors (Lipinski definition) is 9. The Morgan fingerprint density at radius 1 is 1.29 bits per heavy atom. The van der Waals surface area contributed by atoms with Crippen molar-refractivity contribution in [2.45, 2.75) is 68.5 Å². The Morgan fingerprint density at radius 3 is 2.65 bits per heavy atom. The number of aliphatic hydroxyl groups is 2. The number of nitrogens with one attached hydrogen (secondary N) is 1. The third-order valence-electron chi connectivity index (χ3n) is 6.44. The topological polar surface area (TPSA) is 168 Å². The van der Waals surface area contributed by atoms with Crippen LogP contribution in [0.15, 0.2) is 12.3 Å². The van der Waals surface area contributed by atoms with Crippen LogP contribution in [0, 0.1) is 0 Å². The molecule has 0 radical (unpaired) electrons. The van der Waals surface area contributed by atoms with Crippen LogP contribution in [-0.4, -0.2) is 84.6 Å². The number of nitrogens with zero attached hydrogens (tertiary/aromatic N) is 3. The number of fused-ring (bicyclic) bond motifs is 1. The number of ether oxygens (including phenoxy) is 3. The molecular formula is C20H30ClN4O8P. The fourth-order valence-electron chi connectivity index (χ4n) is 4.42. The second-order valence-corrected chi connectivity index (χ2v) is 11.3. The van der Waals surface area contributed by atoms with Crippen LogP contribution in [0.2, 0.25) is 5.28 Å². The number of anilines is 1. The zero-order chi connectivity index (χ0) is 24.7. The van der Waals surface area contributed by atoms with Gasteiger partial charge in [-0.05, 0) is 37.4 Å². The van der Waals surface area contributed by atoms with E-state index in [1.807, 2.05) is 0 Å². The Bertz CT molecular complexity index is 1060. The van der Waals surface area contributed by atoms with E-state index in [1.165, 1.54) is 14.0 Å². The fraction of sp³-hybridized carbons (Fsp3) is 0.700. The summed E-state index contributed by atoms with van der Waals surface area (Å²) < 4.78 is 29.6. The molecule has 1 unspecified atom stereocenters. The van der Waals surface area contributed by atoms with Gasteiger partial charge in [0, 0.05) is 19.3 Å². The molecule has 190 valence electrons. The molecule has 2 aromatic heterocycles. The van der Waals surface area contributed by atoms with Crippen LogP contribution in [0.4, 0.5) is 5.82 Å². The summed E-state index contributed by atoms with van der Waals surface area (Å²) in [5, 5.41) is 23.5. The molecule has 1 saturated heterocycles. The lowest BCUT2D eigenvalue weighted by Gasteiger charge is -2.31. The van der Waals surface area contributed by atoms with Crippen molar-refractivity contribution in [3.05, 3.63) is 17.5 Å². The number of methoxy groups -OCH3 is 1. The number of hydrogen-bond donors (Lipinski definition) is 5. The number of aromatic nitrogens is 3. The van der Waals surface area contributed by atoms with E-state index in [4.69, 9.17) is 25.8 Å². The molecule has 0 aromatic carbocycles. The van der Waals surface area contributed by atoms with Crippen molar-refractivity contribution in [2.75, 3.05) is 25.6 Å². The first-order chi connectivity index (χ1) is 16.0. The van der Waals surface area contributed by atoms with Crippen molar-refractivity contribution in [1.29, 1.82) is 0 Å². The molecule has 12 nitrogen and oxygen atoms in total. The normalized spacial score (nSPS) is 28.0. The van der Waals surface area contributed by atoms with Crippen LogP contribution in [0.25, 0.3) is 11.0 Å². The van der Waals surface area contributed by atoms with Crippen LogP contribution in [-0.2, 0) is 18.8 Å². The molecule has 5 N–H and O–H groups in total. The van der Waals surface area contributed by atoms with Gasteiger partial charge < -0.3 is 44.1 Å². The van der Waals surface area contributed by atoms with E-state index in [-0.39, 0.29) is 18.5 Å². The third-order valence-corrected chi connectivity index (χ3v) is 8.10. The van der Waals surface area contributed by atoms with Gasteiger partial charge in [-0.1, -0.05) is 12.8 Å². The predicted molar refractivity (Wildman–Crippen MR) is 123 cm³/mol. The molecule has 0 bridgehead atoms. The lowest BCUT2D eigenvalue weighted by molar-refractivity contribution is -0.106. The molecule has 2 aliphatic rings. The van der Waals surface area contributed by atoms with Gasteiger partial charge in [-0.3, -0.25) is 4.57 Å². The van der Waals surface area contributed by atoms with E-state index < -0.39 is 37.5 Å². The molecule has 1 aliphatic carbocycles. The van der Waals surface area contributed by atoms with Gasteiger partial charge in [0.05, 0.1) is 18.6 Å².